The molecular formula is C34H39Br2N11O2. The van der Waals surface area contributed by atoms with Crippen molar-refractivity contribution in [2.24, 2.45) is 0 Å². The van der Waals surface area contributed by atoms with Crippen LogP contribution in [0.15, 0.2) is 69.6 Å². The molecule has 0 amide bonds. The fraction of sp³-hybridized carbons (Fsp3) is 0.353. The van der Waals surface area contributed by atoms with Gasteiger partial charge in [0, 0.05) is 46.3 Å². The van der Waals surface area contributed by atoms with Crippen LogP contribution >= 0.6 is 31.9 Å². The summed E-state index contributed by atoms with van der Waals surface area (Å²) in [5.74, 6) is 3.73. The van der Waals surface area contributed by atoms with E-state index in [-0.39, 0.29) is 0 Å². The highest BCUT2D eigenvalue weighted by molar-refractivity contribution is 9.10. The first-order chi connectivity index (χ1) is 23.9. The summed E-state index contributed by atoms with van der Waals surface area (Å²) in [7, 11) is 0. The van der Waals surface area contributed by atoms with E-state index >= 15 is 0 Å². The second-order valence-corrected chi connectivity index (χ2v) is 12.5. The van der Waals surface area contributed by atoms with Gasteiger partial charge >= 0.3 is 0 Å². The fourth-order valence-electron chi connectivity index (χ4n) is 4.61. The number of hydrogen-bond acceptors (Lipinski definition) is 12. The number of benzene rings is 2. The summed E-state index contributed by atoms with van der Waals surface area (Å²) in [6, 6.07) is 21.3. The van der Waals surface area contributed by atoms with Gasteiger partial charge in [-0.25, -0.2) is 0 Å². The third kappa shape index (κ3) is 10.9. The molecule has 0 saturated heterocycles. The molecule has 49 heavy (non-hydrogen) atoms. The van der Waals surface area contributed by atoms with E-state index in [0.717, 1.165) is 69.1 Å². The molecular weight excluding hydrogens is 754 g/mol. The Morgan fingerprint density at radius 3 is 1.65 bits per heavy atom. The second kappa shape index (κ2) is 19.4. The molecule has 5 rings (SSSR count). The minimum Gasteiger partial charge on any atom is -0.493 e. The molecule has 0 aliphatic rings. The van der Waals surface area contributed by atoms with E-state index in [9.17, 15) is 0 Å². The predicted octanol–water partition coefficient (Wildman–Crippen LogP) is 7.16. The number of aromatic nitrogens is 8. The number of hydrogen-bond donors (Lipinski definition) is 1. The number of nitrogens with one attached hydrogen (secondary N) is 1. The molecule has 1 N–H and O–H groups in total. The van der Waals surface area contributed by atoms with Crippen molar-refractivity contribution in [2.45, 2.75) is 53.6 Å². The first-order valence-electron chi connectivity index (χ1n) is 16.0. The summed E-state index contributed by atoms with van der Waals surface area (Å²) >= 11 is 7.05. The number of ether oxygens (including phenoxy) is 2. The summed E-state index contributed by atoms with van der Waals surface area (Å²) in [6.07, 6.45) is 1.93. The largest absolute Gasteiger partial charge is 0.493 e. The maximum absolute atomic E-state index is 8.82. The lowest BCUT2D eigenvalue weighted by atomic mass is 10.2. The van der Waals surface area contributed by atoms with E-state index in [1.807, 2.05) is 48.5 Å². The van der Waals surface area contributed by atoms with Crippen molar-refractivity contribution in [1.82, 2.24) is 41.0 Å². The van der Waals surface area contributed by atoms with Gasteiger partial charge < -0.3 is 19.3 Å². The summed E-state index contributed by atoms with van der Waals surface area (Å²) in [6.45, 7) is 12.6. The zero-order valence-electron chi connectivity index (χ0n) is 28.0. The smallest absolute Gasteiger partial charge is 0.224 e. The standard InChI is InChI=1S/C17H20BrN7O.C17H19BrN4O/c1-3-9-26-15-7-5-13(18)10-12(15)11-25(4-2)16-8-6-14(19-20-16)17-21-23-24-22-17;1-3-9-23-16-7-5-14(18)10-13(16)12-22(4-2)17-8-6-15(11-19)20-21-17/h5-8,10H,3-4,9,11H2,1-2H3,(H,21,22,23,24);5-8,10H,3-4,9,12H2,1-2H3. The Balaban J connectivity index is 0.000000223. The molecule has 0 bridgehead atoms. The molecule has 0 aliphatic carbocycles. The van der Waals surface area contributed by atoms with Gasteiger partial charge in [-0.1, -0.05) is 45.7 Å². The Labute approximate surface area is 303 Å². The first kappa shape index (κ1) is 37.1. The summed E-state index contributed by atoms with van der Waals surface area (Å²) < 4.78 is 13.7. The van der Waals surface area contributed by atoms with Gasteiger partial charge in [0.1, 0.15) is 23.3 Å². The first-order valence-corrected chi connectivity index (χ1v) is 17.6. The van der Waals surface area contributed by atoms with Gasteiger partial charge in [-0.3, -0.25) is 0 Å². The number of tetrazole rings is 1. The molecule has 0 saturated carbocycles. The van der Waals surface area contributed by atoms with E-state index in [0.29, 0.717) is 43.5 Å². The maximum Gasteiger partial charge on any atom is 0.224 e. The Hall–Kier alpha value is -4.68. The molecule has 0 unspecified atom stereocenters. The van der Waals surface area contributed by atoms with Crippen molar-refractivity contribution < 1.29 is 9.47 Å². The molecule has 13 nitrogen and oxygen atoms in total. The monoisotopic (exact) mass is 791 g/mol. The van der Waals surface area contributed by atoms with Gasteiger partial charge in [0.2, 0.25) is 5.82 Å². The Morgan fingerprint density at radius 2 is 1.24 bits per heavy atom. The summed E-state index contributed by atoms with van der Waals surface area (Å²) in [5, 5.41) is 39.2. The van der Waals surface area contributed by atoms with E-state index in [2.05, 4.69) is 123 Å². The highest BCUT2D eigenvalue weighted by Gasteiger charge is 2.15. The summed E-state index contributed by atoms with van der Waals surface area (Å²) in [4.78, 5) is 4.22. The van der Waals surface area contributed by atoms with Gasteiger partial charge in [0.25, 0.3) is 0 Å². The van der Waals surface area contributed by atoms with Crippen molar-refractivity contribution in [3.05, 3.63) is 86.4 Å². The molecule has 256 valence electrons. The Kier molecular flexibility index (Phi) is 14.7. The number of H-pyrrole nitrogens is 1. The highest BCUT2D eigenvalue weighted by Crippen LogP contribution is 2.28. The van der Waals surface area contributed by atoms with Crippen molar-refractivity contribution in [3.63, 3.8) is 0 Å². The highest BCUT2D eigenvalue weighted by atomic mass is 79.9. The minimum atomic E-state index is 0.319. The van der Waals surface area contributed by atoms with Gasteiger partial charge in [-0.15, -0.1) is 30.6 Å². The molecule has 3 heterocycles. The number of nitriles is 1. The molecule has 0 atom stereocenters. The van der Waals surface area contributed by atoms with E-state index in [1.165, 1.54) is 0 Å². The van der Waals surface area contributed by atoms with Crippen LogP contribution in [0.2, 0.25) is 0 Å². The molecule has 0 aliphatic heterocycles. The number of aromatic amines is 1. The van der Waals surface area contributed by atoms with Crippen molar-refractivity contribution in [2.75, 3.05) is 36.1 Å². The Bertz CT molecular complexity index is 1770. The summed E-state index contributed by atoms with van der Waals surface area (Å²) in [5.41, 5.74) is 3.08. The molecule has 15 heteroatoms. The normalized spacial score (nSPS) is 10.5. The van der Waals surface area contributed by atoms with Gasteiger partial charge in [-0.05, 0) is 92.6 Å². The molecule has 0 fully saturated rings. The van der Waals surface area contributed by atoms with Crippen molar-refractivity contribution >= 4 is 43.5 Å². The molecule has 2 aromatic carbocycles. The van der Waals surface area contributed by atoms with Crippen LogP contribution in [0, 0.1) is 11.3 Å². The van der Waals surface area contributed by atoms with Crippen molar-refractivity contribution in [3.8, 4) is 29.1 Å². The number of rotatable bonds is 15. The van der Waals surface area contributed by atoms with Crippen LogP contribution < -0.4 is 19.3 Å². The lowest BCUT2D eigenvalue weighted by Gasteiger charge is -2.23. The maximum atomic E-state index is 8.82. The van der Waals surface area contributed by atoms with Crippen molar-refractivity contribution in [1.29, 1.82) is 5.26 Å². The molecule has 0 spiro atoms. The van der Waals surface area contributed by atoms with E-state index in [1.54, 1.807) is 6.07 Å². The lowest BCUT2D eigenvalue weighted by molar-refractivity contribution is 0.314. The van der Waals surface area contributed by atoms with E-state index < -0.39 is 0 Å². The Morgan fingerprint density at radius 1 is 0.694 bits per heavy atom. The van der Waals surface area contributed by atoms with Crippen LogP contribution in [0.3, 0.4) is 0 Å². The SMILES string of the molecule is CCCOc1ccc(Br)cc1CN(CC)c1ccc(-c2nn[nH]n2)nn1.CCCOc1ccc(Br)cc1CN(CC)c1ccc(C#N)nn1. The zero-order chi connectivity index (χ0) is 35.0. The minimum absolute atomic E-state index is 0.319. The van der Waals surface area contributed by atoms with E-state index in [4.69, 9.17) is 14.7 Å². The quantitative estimate of drug-likeness (QED) is 0.114. The number of anilines is 2. The van der Waals surface area contributed by atoms with Gasteiger partial charge in [0.15, 0.2) is 17.3 Å². The van der Waals surface area contributed by atoms with Crippen LogP contribution in [-0.2, 0) is 13.1 Å². The number of nitrogens with zero attached hydrogens (tertiary/aromatic N) is 10. The number of halogens is 2. The fourth-order valence-corrected chi connectivity index (χ4v) is 5.42. The molecule has 3 aromatic heterocycles. The average molecular weight is 794 g/mol. The van der Waals surface area contributed by atoms with Crippen LogP contribution in [-0.4, -0.2) is 67.3 Å². The van der Waals surface area contributed by atoms with Crippen LogP contribution in [0.4, 0.5) is 11.6 Å². The predicted molar refractivity (Wildman–Crippen MR) is 195 cm³/mol. The molecule has 5 aromatic rings. The third-order valence-corrected chi connectivity index (χ3v) is 8.08. The van der Waals surface area contributed by atoms with Crippen LogP contribution in [0.25, 0.3) is 11.5 Å². The van der Waals surface area contributed by atoms with Crippen LogP contribution in [0.1, 0.15) is 57.4 Å². The van der Waals surface area contributed by atoms with Crippen LogP contribution in [0.5, 0.6) is 11.5 Å². The topological polar surface area (TPSA) is 155 Å². The lowest BCUT2D eigenvalue weighted by Crippen LogP contribution is -2.24. The zero-order valence-corrected chi connectivity index (χ0v) is 31.1. The van der Waals surface area contributed by atoms with Gasteiger partial charge in [0.05, 0.1) is 13.2 Å². The third-order valence-electron chi connectivity index (χ3n) is 7.09. The second-order valence-electron chi connectivity index (χ2n) is 10.6. The molecule has 0 radical (unpaired) electrons. The average Bonchev–Trinajstić information content (AvgIpc) is 3.68. The van der Waals surface area contributed by atoms with Gasteiger partial charge in [-0.2, -0.15) is 10.5 Å².